The third-order valence-corrected chi connectivity index (χ3v) is 2.45. The van der Waals surface area contributed by atoms with Crippen LogP contribution in [-0.4, -0.2) is 4.92 Å². The topological polar surface area (TPSA) is 43.1 Å². The van der Waals surface area contributed by atoms with Gasteiger partial charge in [0.15, 0.2) is 0 Å². The smallest absolute Gasteiger partial charge is 0.258 e. The summed E-state index contributed by atoms with van der Waals surface area (Å²) in [7, 11) is 0. The Morgan fingerprint density at radius 3 is 2.75 bits per heavy atom. The fraction of sp³-hybridized carbons (Fsp3) is 0.143. The molecule has 0 saturated heterocycles. The lowest BCUT2D eigenvalue weighted by Crippen LogP contribution is -1.89. The molecule has 0 aliphatic carbocycles. The molecule has 0 heterocycles. The van der Waals surface area contributed by atoms with Crippen LogP contribution in [0.4, 0.5) is 5.69 Å². The van der Waals surface area contributed by atoms with Gasteiger partial charge in [-0.2, -0.15) is 0 Å². The van der Waals surface area contributed by atoms with E-state index in [2.05, 4.69) is 15.9 Å². The summed E-state index contributed by atoms with van der Waals surface area (Å²) in [5, 5.41) is 10.3. The number of hydrogen-bond acceptors (Lipinski definition) is 2. The molecular formula is C7H5BrClNO2. The van der Waals surface area contributed by atoms with Gasteiger partial charge in [0.05, 0.1) is 4.92 Å². The molecule has 0 bridgehead atoms. The molecule has 0 atom stereocenters. The number of nitrogens with zero attached hydrogens (tertiary/aromatic N) is 1. The number of halogens is 2. The molecule has 0 fully saturated rings. The predicted molar refractivity (Wildman–Crippen MR) is 50.4 cm³/mol. The molecule has 0 unspecified atom stereocenters. The molecule has 1 aromatic carbocycles. The minimum atomic E-state index is -0.442. The lowest BCUT2D eigenvalue weighted by molar-refractivity contribution is -0.384. The molecule has 5 heteroatoms. The molecule has 0 aromatic heterocycles. The summed E-state index contributed by atoms with van der Waals surface area (Å²) in [6, 6.07) is 4.51. The zero-order valence-corrected chi connectivity index (χ0v) is 8.30. The molecule has 1 rings (SSSR count). The van der Waals surface area contributed by atoms with Crippen molar-refractivity contribution in [2.45, 2.75) is 5.88 Å². The second-order valence-corrected chi connectivity index (χ2v) is 3.29. The first-order chi connectivity index (χ1) is 5.65. The molecule has 0 saturated carbocycles. The maximum atomic E-state index is 10.3. The van der Waals surface area contributed by atoms with Gasteiger partial charge in [-0.25, -0.2) is 0 Å². The molecule has 0 aliphatic rings. The Balaban J connectivity index is 3.13. The Bertz CT molecular complexity index is 316. The fourth-order valence-electron chi connectivity index (χ4n) is 0.777. The van der Waals surface area contributed by atoms with E-state index < -0.39 is 4.92 Å². The van der Waals surface area contributed by atoms with Crippen LogP contribution in [-0.2, 0) is 5.88 Å². The minimum absolute atomic E-state index is 0.0638. The van der Waals surface area contributed by atoms with E-state index in [4.69, 9.17) is 11.6 Å². The standard InChI is InChI=1S/C7H5BrClNO2/c8-7-2-1-6(10(11)12)3-5(7)4-9/h1-3H,4H2. The molecule has 12 heavy (non-hydrogen) atoms. The van der Waals surface area contributed by atoms with Crippen LogP contribution in [0.2, 0.25) is 0 Å². The minimum Gasteiger partial charge on any atom is -0.258 e. The van der Waals surface area contributed by atoms with Gasteiger partial charge < -0.3 is 0 Å². The first kappa shape index (κ1) is 9.48. The maximum Gasteiger partial charge on any atom is 0.269 e. The van der Waals surface area contributed by atoms with E-state index >= 15 is 0 Å². The highest BCUT2D eigenvalue weighted by Gasteiger charge is 2.07. The lowest BCUT2D eigenvalue weighted by Gasteiger charge is -1.98. The number of hydrogen-bond donors (Lipinski definition) is 0. The van der Waals surface area contributed by atoms with Crippen molar-refractivity contribution in [3.05, 3.63) is 38.3 Å². The fourth-order valence-corrected chi connectivity index (χ4v) is 1.55. The van der Waals surface area contributed by atoms with Gasteiger partial charge >= 0.3 is 0 Å². The Kier molecular flexibility index (Phi) is 3.05. The van der Waals surface area contributed by atoms with Crippen molar-refractivity contribution in [2.75, 3.05) is 0 Å². The van der Waals surface area contributed by atoms with Crippen molar-refractivity contribution in [2.24, 2.45) is 0 Å². The van der Waals surface area contributed by atoms with Gasteiger partial charge in [-0.3, -0.25) is 10.1 Å². The SMILES string of the molecule is O=[N+]([O-])c1ccc(Br)c(CCl)c1. The second-order valence-electron chi connectivity index (χ2n) is 2.17. The van der Waals surface area contributed by atoms with Gasteiger partial charge in [0, 0.05) is 22.5 Å². The highest BCUT2D eigenvalue weighted by molar-refractivity contribution is 9.10. The highest BCUT2D eigenvalue weighted by Crippen LogP contribution is 2.23. The van der Waals surface area contributed by atoms with Crippen molar-refractivity contribution in [3.63, 3.8) is 0 Å². The van der Waals surface area contributed by atoms with Crippen LogP contribution in [0.3, 0.4) is 0 Å². The molecule has 0 radical (unpaired) electrons. The normalized spacial score (nSPS) is 9.83. The Morgan fingerprint density at radius 2 is 2.25 bits per heavy atom. The largest absolute Gasteiger partial charge is 0.269 e. The molecule has 1 aromatic rings. The second kappa shape index (κ2) is 3.87. The van der Waals surface area contributed by atoms with E-state index in [1.54, 1.807) is 6.07 Å². The van der Waals surface area contributed by atoms with E-state index in [-0.39, 0.29) is 11.6 Å². The molecule has 0 aliphatic heterocycles. The van der Waals surface area contributed by atoms with Crippen LogP contribution in [0, 0.1) is 10.1 Å². The Hall–Kier alpha value is -0.610. The zero-order chi connectivity index (χ0) is 9.14. The van der Waals surface area contributed by atoms with Crippen LogP contribution >= 0.6 is 27.5 Å². The zero-order valence-electron chi connectivity index (χ0n) is 5.96. The molecule has 3 nitrogen and oxygen atoms in total. The van der Waals surface area contributed by atoms with Crippen molar-refractivity contribution < 1.29 is 4.92 Å². The number of rotatable bonds is 2. The Morgan fingerprint density at radius 1 is 1.58 bits per heavy atom. The van der Waals surface area contributed by atoms with Crippen LogP contribution < -0.4 is 0 Å². The molecule has 0 amide bonds. The van der Waals surface area contributed by atoms with Crippen LogP contribution in [0.15, 0.2) is 22.7 Å². The van der Waals surface area contributed by atoms with Crippen molar-refractivity contribution in [1.29, 1.82) is 0 Å². The van der Waals surface area contributed by atoms with Gasteiger partial charge in [0.2, 0.25) is 0 Å². The van der Waals surface area contributed by atoms with Gasteiger partial charge in [-0.05, 0) is 11.6 Å². The van der Waals surface area contributed by atoms with E-state index in [0.717, 1.165) is 10.0 Å². The molecule has 0 N–H and O–H groups in total. The van der Waals surface area contributed by atoms with Gasteiger partial charge in [0.1, 0.15) is 0 Å². The first-order valence-corrected chi connectivity index (χ1v) is 4.46. The maximum absolute atomic E-state index is 10.3. The third kappa shape index (κ3) is 1.95. The first-order valence-electron chi connectivity index (χ1n) is 3.14. The number of alkyl halides is 1. The number of nitro benzene ring substituents is 1. The van der Waals surface area contributed by atoms with Crippen molar-refractivity contribution in [3.8, 4) is 0 Å². The summed E-state index contributed by atoms with van der Waals surface area (Å²) in [4.78, 5) is 9.89. The monoisotopic (exact) mass is 249 g/mol. The number of non-ortho nitro benzene ring substituents is 1. The summed E-state index contributed by atoms with van der Waals surface area (Å²) in [5.74, 6) is 0.266. The quantitative estimate of drug-likeness (QED) is 0.460. The molecule has 0 spiro atoms. The van der Waals surface area contributed by atoms with Crippen LogP contribution in [0.25, 0.3) is 0 Å². The highest BCUT2D eigenvalue weighted by atomic mass is 79.9. The van der Waals surface area contributed by atoms with E-state index in [0.29, 0.717) is 0 Å². The van der Waals surface area contributed by atoms with E-state index in [1.165, 1.54) is 12.1 Å². The molecular weight excluding hydrogens is 245 g/mol. The Labute approximate surface area is 82.6 Å². The van der Waals surface area contributed by atoms with Gasteiger partial charge in [-0.1, -0.05) is 15.9 Å². The average Bonchev–Trinajstić information content (AvgIpc) is 2.05. The summed E-state index contributed by atoms with van der Waals surface area (Å²) in [6.07, 6.45) is 0. The van der Waals surface area contributed by atoms with Gasteiger partial charge in [-0.15, -0.1) is 11.6 Å². The van der Waals surface area contributed by atoms with Crippen molar-refractivity contribution in [1.82, 2.24) is 0 Å². The molecule has 64 valence electrons. The predicted octanol–water partition coefficient (Wildman–Crippen LogP) is 3.10. The van der Waals surface area contributed by atoms with Gasteiger partial charge in [0.25, 0.3) is 5.69 Å². The van der Waals surface area contributed by atoms with Crippen LogP contribution in [0.5, 0.6) is 0 Å². The summed E-state index contributed by atoms with van der Waals surface area (Å²) < 4.78 is 0.795. The number of nitro groups is 1. The summed E-state index contributed by atoms with van der Waals surface area (Å²) in [5.41, 5.74) is 0.791. The van der Waals surface area contributed by atoms with E-state index in [9.17, 15) is 10.1 Å². The van der Waals surface area contributed by atoms with Crippen molar-refractivity contribution >= 4 is 33.2 Å². The van der Waals surface area contributed by atoms with Crippen LogP contribution in [0.1, 0.15) is 5.56 Å². The summed E-state index contributed by atoms with van der Waals surface area (Å²) >= 11 is 8.79. The lowest BCUT2D eigenvalue weighted by atomic mass is 10.2. The number of benzene rings is 1. The average molecular weight is 250 g/mol. The van der Waals surface area contributed by atoms with E-state index in [1.807, 2.05) is 0 Å². The third-order valence-electron chi connectivity index (χ3n) is 1.38. The summed E-state index contributed by atoms with van der Waals surface area (Å²) in [6.45, 7) is 0.